The van der Waals surface area contributed by atoms with Gasteiger partial charge in [-0.2, -0.15) is 0 Å². The first-order valence-electron chi connectivity index (χ1n) is 4.01. The number of carboxylic acids is 1. The summed E-state index contributed by atoms with van der Waals surface area (Å²) < 4.78 is 4.71. The lowest BCUT2D eigenvalue weighted by molar-refractivity contribution is -0.145. The van der Waals surface area contributed by atoms with Crippen molar-refractivity contribution < 1.29 is 19.4 Å². The molecule has 0 heterocycles. The fourth-order valence-corrected chi connectivity index (χ4v) is 0.904. The first kappa shape index (κ1) is 11.8. The van der Waals surface area contributed by atoms with E-state index in [4.69, 9.17) is 9.84 Å². The average Bonchev–Trinajstić information content (AvgIpc) is 2.05. The second-order valence-corrected chi connectivity index (χ2v) is 2.57. The minimum absolute atomic E-state index is 0.217. The van der Waals surface area contributed by atoms with Crippen LogP contribution in [0.5, 0.6) is 0 Å². The highest BCUT2D eigenvalue weighted by Gasteiger charge is 2.23. The van der Waals surface area contributed by atoms with Crippen LogP contribution in [0.1, 0.15) is 13.3 Å². The monoisotopic (exact) mass is 186 g/mol. The summed E-state index contributed by atoms with van der Waals surface area (Å²) in [6, 6.07) is 0. The Hall–Kier alpha value is -1.16. The average molecular weight is 186 g/mol. The van der Waals surface area contributed by atoms with E-state index in [0.29, 0.717) is 0 Å². The molecule has 0 aromatic heterocycles. The zero-order valence-corrected chi connectivity index (χ0v) is 7.82. The molecule has 0 bridgehead atoms. The van der Waals surface area contributed by atoms with Crippen molar-refractivity contribution in [3.63, 3.8) is 0 Å². The molecular weight excluding hydrogens is 172 g/mol. The summed E-state index contributed by atoms with van der Waals surface area (Å²) in [6.45, 7) is 1.95. The highest BCUT2D eigenvalue weighted by Crippen LogP contribution is 2.06. The van der Waals surface area contributed by atoms with E-state index in [0.717, 1.165) is 0 Å². The molecule has 0 rings (SSSR count). The molecule has 13 heavy (non-hydrogen) atoms. The topological polar surface area (TPSA) is 63.6 Å². The predicted octanol–water partition coefficient (Wildman–Crippen LogP) is 0.869. The van der Waals surface area contributed by atoms with Gasteiger partial charge in [-0.1, -0.05) is 6.08 Å². The van der Waals surface area contributed by atoms with Crippen molar-refractivity contribution in [3.05, 3.63) is 12.2 Å². The van der Waals surface area contributed by atoms with Crippen LogP contribution in [0.15, 0.2) is 12.2 Å². The number of allylic oxidation sites excluding steroid dienone is 2. The van der Waals surface area contributed by atoms with Crippen molar-refractivity contribution in [2.24, 2.45) is 5.92 Å². The first-order valence-corrected chi connectivity index (χ1v) is 4.01. The molecule has 0 saturated carbocycles. The third-order valence-corrected chi connectivity index (χ3v) is 1.58. The van der Waals surface area contributed by atoms with E-state index in [9.17, 15) is 9.59 Å². The number of ketones is 1. The highest BCUT2D eigenvalue weighted by molar-refractivity contribution is 6.04. The molecule has 4 heteroatoms. The lowest BCUT2D eigenvalue weighted by Gasteiger charge is -2.07. The van der Waals surface area contributed by atoms with Gasteiger partial charge in [0, 0.05) is 13.7 Å². The predicted molar refractivity (Wildman–Crippen MR) is 47.4 cm³/mol. The Kier molecular flexibility index (Phi) is 5.80. The molecule has 1 N–H and O–H groups in total. The third kappa shape index (κ3) is 4.42. The maximum Gasteiger partial charge on any atom is 0.314 e. The molecule has 0 aromatic carbocycles. The molecule has 0 aliphatic heterocycles. The Morgan fingerprint density at radius 1 is 1.54 bits per heavy atom. The van der Waals surface area contributed by atoms with Crippen LogP contribution in [0.3, 0.4) is 0 Å². The van der Waals surface area contributed by atoms with Crippen LogP contribution >= 0.6 is 0 Å². The summed E-state index contributed by atoms with van der Waals surface area (Å²) in [7, 11) is 1.47. The van der Waals surface area contributed by atoms with Crippen LogP contribution in [0.2, 0.25) is 0 Å². The molecule has 0 aliphatic rings. The van der Waals surface area contributed by atoms with Crippen LogP contribution in [0, 0.1) is 5.92 Å². The molecular formula is C9H14O4. The minimum Gasteiger partial charge on any atom is -0.481 e. The molecule has 4 nitrogen and oxygen atoms in total. The number of methoxy groups -OCH3 is 1. The van der Waals surface area contributed by atoms with Gasteiger partial charge in [-0.05, 0) is 19.4 Å². The van der Waals surface area contributed by atoms with Gasteiger partial charge in [-0.15, -0.1) is 0 Å². The number of carbonyl (C=O) groups excluding carboxylic acids is 1. The van der Waals surface area contributed by atoms with Crippen molar-refractivity contribution >= 4 is 11.8 Å². The number of carboxylic acid groups (broad SMARTS) is 1. The smallest absolute Gasteiger partial charge is 0.314 e. The van der Waals surface area contributed by atoms with E-state index < -0.39 is 11.9 Å². The quantitative estimate of drug-likeness (QED) is 0.493. The molecule has 0 fully saturated rings. The Bertz CT molecular complexity index is 208. The number of carbonyl (C=O) groups is 2. The molecule has 74 valence electrons. The Labute approximate surface area is 77.2 Å². The molecule has 0 aliphatic carbocycles. The van der Waals surface area contributed by atoms with Crippen LogP contribution in [-0.2, 0) is 14.3 Å². The number of hydrogen-bond acceptors (Lipinski definition) is 3. The SMILES string of the molecule is C/C=C/C(=O)C(CCOC)C(=O)O. The molecule has 0 radical (unpaired) electrons. The van der Waals surface area contributed by atoms with Crippen molar-refractivity contribution in [1.82, 2.24) is 0 Å². The lowest BCUT2D eigenvalue weighted by atomic mass is 10.0. The standard InChI is InChI=1S/C9H14O4/c1-3-4-8(10)7(9(11)12)5-6-13-2/h3-4,7H,5-6H2,1-2H3,(H,11,12)/b4-3+. The van der Waals surface area contributed by atoms with Crippen LogP contribution < -0.4 is 0 Å². The first-order chi connectivity index (χ1) is 6.13. The minimum atomic E-state index is -1.10. The highest BCUT2D eigenvalue weighted by atomic mass is 16.5. The van der Waals surface area contributed by atoms with Crippen molar-refractivity contribution in [3.8, 4) is 0 Å². The zero-order valence-electron chi connectivity index (χ0n) is 7.82. The maximum absolute atomic E-state index is 11.2. The van der Waals surface area contributed by atoms with Gasteiger partial charge in [-0.3, -0.25) is 9.59 Å². The van der Waals surface area contributed by atoms with E-state index in [1.165, 1.54) is 19.3 Å². The second kappa shape index (κ2) is 6.37. The van der Waals surface area contributed by atoms with Gasteiger partial charge in [0.1, 0.15) is 5.92 Å². The van der Waals surface area contributed by atoms with Gasteiger partial charge in [0.15, 0.2) is 5.78 Å². The molecule has 1 unspecified atom stereocenters. The molecule has 0 saturated heterocycles. The fraction of sp³-hybridized carbons (Fsp3) is 0.556. The van der Waals surface area contributed by atoms with Crippen molar-refractivity contribution in [1.29, 1.82) is 0 Å². The van der Waals surface area contributed by atoms with E-state index in [-0.39, 0.29) is 18.8 Å². The van der Waals surface area contributed by atoms with Gasteiger partial charge in [0.05, 0.1) is 0 Å². The summed E-state index contributed by atoms with van der Waals surface area (Å²) in [5, 5.41) is 8.69. The lowest BCUT2D eigenvalue weighted by Crippen LogP contribution is -2.23. The van der Waals surface area contributed by atoms with Gasteiger partial charge in [-0.25, -0.2) is 0 Å². The summed E-state index contributed by atoms with van der Waals surface area (Å²) in [5.41, 5.74) is 0. The third-order valence-electron chi connectivity index (χ3n) is 1.58. The van der Waals surface area contributed by atoms with Crippen LogP contribution in [0.4, 0.5) is 0 Å². The summed E-state index contributed by atoms with van der Waals surface area (Å²) in [4.78, 5) is 21.8. The number of rotatable bonds is 6. The molecule has 0 aromatic rings. The zero-order chi connectivity index (χ0) is 10.3. The molecule has 1 atom stereocenters. The van der Waals surface area contributed by atoms with Crippen LogP contribution in [-0.4, -0.2) is 30.6 Å². The largest absolute Gasteiger partial charge is 0.481 e. The molecule has 0 amide bonds. The number of ether oxygens (including phenoxy) is 1. The number of hydrogen-bond donors (Lipinski definition) is 1. The summed E-state index contributed by atoms with van der Waals surface area (Å²) in [6.07, 6.45) is 3.02. The van der Waals surface area contributed by atoms with E-state index >= 15 is 0 Å². The van der Waals surface area contributed by atoms with Gasteiger partial charge < -0.3 is 9.84 Å². The molecule has 0 spiro atoms. The van der Waals surface area contributed by atoms with Gasteiger partial charge in [0.2, 0.25) is 0 Å². The van der Waals surface area contributed by atoms with Gasteiger partial charge in [0.25, 0.3) is 0 Å². The number of aliphatic carboxylic acids is 1. The van der Waals surface area contributed by atoms with E-state index in [1.807, 2.05) is 0 Å². The fourth-order valence-electron chi connectivity index (χ4n) is 0.904. The Morgan fingerprint density at radius 2 is 2.15 bits per heavy atom. The summed E-state index contributed by atoms with van der Waals surface area (Å²) >= 11 is 0. The second-order valence-electron chi connectivity index (χ2n) is 2.57. The van der Waals surface area contributed by atoms with Crippen molar-refractivity contribution in [2.45, 2.75) is 13.3 Å². The van der Waals surface area contributed by atoms with Gasteiger partial charge >= 0.3 is 5.97 Å². The van der Waals surface area contributed by atoms with Crippen molar-refractivity contribution in [2.75, 3.05) is 13.7 Å². The maximum atomic E-state index is 11.2. The van der Waals surface area contributed by atoms with E-state index in [2.05, 4.69) is 0 Å². The van der Waals surface area contributed by atoms with E-state index in [1.54, 1.807) is 6.92 Å². The normalized spacial score (nSPS) is 13.1. The van der Waals surface area contributed by atoms with Crippen LogP contribution in [0.25, 0.3) is 0 Å². The Balaban J connectivity index is 4.24. The summed E-state index contributed by atoms with van der Waals surface area (Å²) in [5.74, 6) is -2.46. The Morgan fingerprint density at radius 3 is 2.54 bits per heavy atom.